The molecule has 0 bridgehead atoms. The summed E-state index contributed by atoms with van der Waals surface area (Å²) < 4.78 is 71.3. The van der Waals surface area contributed by atoms with Gasteiger partial charge < -0.3 is 10.0 Å². The molecule has 100 valence electrons. The number of amides is 1. The van der Waals surface area contributed by atoms with Crippen LogP contribution in [-0.2, 0) is 9.59 Å². The number of hydrogen-bond acceptors (Lipinski definition) is 2. The molecule has 0 aliphatic heterocycles. The molecular formula is C7H7F6NO3. The Morgan fingerprint density at radius 3 is 1.82 bits per heavy atom. The van der Waals surface area contributed by atoms with Crippen LogP contribution in [-0.4, -0.2) is 47.3 Å². The summed E-state index contributed by atoms with van der Waals surface area (Å²) in [4.78, 5) is 20.0. The van der Waals surface area contributed by atoms with Crippen LogP contribution in [0.5, 0.6) is 0 Å². The van der Waals surface area contributed by atoms with E-state index in [2.05, 4.69) is 0 Å². The molecule has 1 N–H and O–H groups in total. The van der Waals surface area contributed by atoms with Crippen LogP contribution in [0.1, 0.15) is 6.42 Å². The first-order valence-corrected chi connectivity index (χ1v) is 4.08. The van der Waals surface area contributed by atoms with Crippen molar-refractivity contribution in [3.05, 3.63) is 0 Å². The molecule has 0 heterocycles. The highest BCUT2D eigenvalue weighted by atomic mass is 19.4. The highest BCUT2D eigenvalue weighted by molar-refractivity contribution is 5.82. The lowest BCUT2D eigenvalue weighted by Crippen LogP contribution is -2.46. The molecule has 1 amide bonds. The Morgan fingerprint density at radius 2 is 1.53 bits per heavy atom. The predicted molar refractivity (Wildman–Crippen MR) is 40.9 cm³/mol. The number of carboxylic acid groups (broad SMARTS) is 1. The zero-order chi connectivity index (χ0) is 13.9. The van der Waals surface area contributed by atoms with Gasteiger partial charge in [-0.3, -0.25) is 9.59 Å². The summed E-state index contributed by atoms with van der Waals surface area (Å²) in [6, 6.07) is 0. The zero-order valence-electron chi connectivity index (χ0n) is 8.10. The average molecular weight is 267 g/mol. The van der Waals surface area contributed by atoms with Gasteiger partial charge >= 0.3 is 24.2 Å². The second-order valence-electron chi connectivity index (χ2n) is 2.98. The normalized spacial score (nSPS) is 12.4. The third-order valence-electron chi connectivity index (χ3n) is 1.50. The molecule has 0 unspecified atom stereocenters. The number of rotatable bonds is 4. The smallest absolute Gasteiger partial charge is 0.471 e. The Hall–Kier alpha value is -1.48. The van der Waals surface area contributed by atoms with E-state index in [4.69, 9.17) is 5.11 Å². The van der Waals surface area contributed by atoms with Gasteiger partial charge in [-0.1, -0.05) is 0 Å². The summed E-state index contributed by atoms with van der Waals surface area (Å²) in [7, 11) is 0. The number of aliphatic carboxylic acids is 1. The monoisotopic (exact) mass is 267 g/mol. The van der Waals surface area contributed by atoms with Gasteiger partial charge in [-0.15, -0.1) is 0 Å². The molecule has 0 aromatic rings. The van der Waals surface area contributed by atoms with Crippen LogP contribution in [0.4, 0.5) is 26.3 Å². The molecule has 0 fully saturated rings. The molecule has 0 aromatic carbocycles. The zero-order valence-corrected chi connectivity index (χ0v) is 8.10. The van der Waals surface area contributed by atoms with Gasteiger partial charge in [-0.2, -0.15) is 26.3 Å². The van der Waals surface area contributed by atoms with Crippen LogP contribution in [0.2, 0.25) is 0 Å². The lowest BCUT2D eigenvalue weighted by atomic mass is 10.3. The summed E-state index contributed by atoms with van der Waals surface area (Å²) in [5, 5.41) is 8.14. The lowest BCUT2D eigenvalue weighted by Gasteiger charge is -2.24. The number of carboxylic acids is 1. The van der Waals surface area contributed by atoms with Crippen molar-refractivity contribution >= 4 is 11.9 Å². The second-order valence-corrected chi connectivity index (χ2v) is 2.98. The number of halogens is 6. The highest BCUT2D eigenvalue weighted by Gasteiger charge is 2.45. The minimum atomic E-state index is -5.47. The maximum atomic E-state index is 11.9. The largest absolute Gasteiger partial charge is 0.481 e. The van der Waals surface area contributed by atoms with Gasteiger partial charge in [0.1, 0.15) is 6.54 Å². The fourth-order valence-electron chi connectivity index (χ4n) is 0.879. The van der Waals surface area contributed by atoms with Crippen LogP contribution >= 0.6 is 0 Å². The summed E-state index contributed by atoms with van der Waals surface area (Å²) in [5.41, 5.74) is 0. The molecule has 0 aliphatic carbocycles. The minimum absolute atomic E-state index is 0.589. The average Bonchev–Trinajstić information content (AvgIpc) is 2.07. The number of alkyl halides is 6. The molecule has 4 nitrogen and oxygen atoms in total. The van der Waals surface area contributed by atoms with Crippen LogP contribution in [0, 0.1) is 0 Å². The summed E-state index contributed by atoms with van der Waals surface area (Å²) in [6.45, 7) is -3.30. The van der Waals surface area contributed by atoms with Gasteiger partial charge in [0.15, 0.2) is 0 Å². The Kier molecular flexibility index (Phi) is 4.78. The molecule has 0 radical (unpaired) electrons. The third-order valence-corrected chi connectivity index (χ3v) is 1.50. The minimum Gasteiger partial charge on any atom is -0.481 e. The van der Waals surface area contributed by atoms with Gasteiger partial charge in [0.25, 0.3) is 0 Å². The van der Waals surface area contributed by atoms with E-state index < -0.39 is 48.6 Å². The molecule has 0 saturated carbocycles. The van der Waals surface area contributed by atoms with Crippen LogP contribution in [0.15, 0.2) is 0 Å². The maximum Gasteiger partial charge on any atom is 0.471 e. The van der Waals surface area contributed by atoms with Crippen molar-refractivity contribution in [2.75, 3.05) is 13.1 Å². The van der Waals surface area contributed by atoms with Gasteiger partial charge in [0, 0.05) is 6.54 Å². The van der Waals surface area contributed by atoms with E-state index in [1.165, 1.54) is 0 Å². The Labute approximate surface area is 90.8 Å². The molecule has 0 rings (SSSR count). The van der Waals surface area contributed by atoms with Gasteiger partial charge in [0.05, 0.1) is 6.42 Å². The van der Waals surface area contributed by atoms with Crippen LogP contribution in [0.25, 0.3) is 0 Å². The highest BCUT2D eigenvalue weighted by Crippen LogP contribution is 2.23. The van der Waals surface area contributed by atoms with E-state index in [9.17, 15) is 35.9 Å². The van der Waals surface area contributed by atoms with E-state index in [-0.39, 0.29) is 0 Å². The topological polar surface area (TPSA) is 57.6 Å². The second kappa shape index (κ2) is 5.23. The van der Waals surface area contributed by atoms with E-state index in [1.807, 2.05) is 0 Å². The van der Waals surface area contributed by atoms with Crippen molar-refractivity contribution in [1.82, 2.24) is 4.90 Å². The fraction of sp³-hybridized carbons (Fsp3) is 0.714. The molecule has 0 aromatic heterocycles. The molecule has 0 saturated heterocycles. The molecule has 0 atom stereocenters. The van der Waals surface area contributed by atoms with E-state index in [0.29, 0.717) is 0 Å². The van der Waals surface area contributed by atoms with Crippen molar-refractivity contribution in [2.45, 2.75) is 18.8 Å². The Morgan fingerprint density at radius 1 is 1.06 bits per heavy atom. The number of nitrogens with zero attached hydrogens (tertiary/aromatic N) is 1. The first-order chi connectivity index (χ1) is 7.43. The number of carbonyl (C=O) groups excluding carboxylic acids is 1. The van der Waals surface area contributed by atoms with Crippen LogP contribution in [0.3, 0.4) is 0 Å². The van der Waals surface area contributed by atoms with E-state index >= 15 is 0 Å². The first-order valence-electron chi connectivity index (χ1n) is 4.08. The molecule has 10 heteroatoms. The standard InChI is InChI=1S/C7H7F6NO3/c8-6(9,10)3-14(2-1-4(15)16)5(17)7(11,12)13/h1-3H2,(H,15,16). The molecule has 17 heavy (non-hydrogen) atoms. The SMILES string of the molecule is O=C(O)CCN(CC(F)(F)F)C(=O)C(F)(F)F. The van der Waals surface area contributed by atoms with Crippen LogP contribution < -0.4 is 0 Å². The van der Waals surface area contributed by atoms with E-state index in [0.717, 1.165) is 0 Å². The fourth-order valence-corrected chi connectivity index (χ4v) is 0.879. The van der Waals surface area contributed by atoms with Gasteiger partial charge in [-0.05, 0) is 0 Å². The first kappa shape index (κ1) is 15.5. The summed E-state index contributed by atoms with van der Waals surface area (Å²) in [6.07, 6.45) is -11.5. The van der Waals surface area contributed by atoms with Crippen molar-refractivity contribution < 1.29 is 41.0 Å². The Balaban J connectivity index is 4.73. The number of hydrogen-bond donors (Lipinski definition) is 1. The Bertz CT molecular complexity index is 297. The lowest BCUT2D eigenvalue weighted by molar-refractivity contribution is -0.198. The van der Waals surface area contributed by atoms with Crippen molar-refractivity contribution in [1.29, 1.82) is 0 Å². The number of carbonyl (C=O) groups is 2. The summed E-state index contributed by atoms with van der Waals surface area (Å²) >= 11 is 0. The molecular weight excluding hydrogens is 260 g/mol. The van der Waals surface area contributed by atoms with Crippen molar-refractivity contribution in [3.8, 4) is 0 Å². The molecule has 0 spiro atoms. The summed E-state index contributed by atoms with van der Waals surface area (Å²) in [5.74, 6) is -4.32. The van der Waals surface area contributed by atoms with Gasteiger partial charge in [0.2, 0.25) is 0 Å². The van der Waals surface area contributed by atoms with E-state index in [1.54, 1.807) is 0 Å². The predicted octanol–water partition coefficient (Wildman–Crippen LogP) is 1.41. The molecule has 0 aliphatic rings. The third kappa shape index (κ3) is 6.64. The maximum absolute atomic E-state index is 11.9. The quantitative estimate of drug-likeness (QED) is 0.783. The van der Waals surface area contributed by atoms with Crippen molar-refractivity contribution in [3.63, 3.8) is 0 Å². The van der Waals surface area contributed by atoms with Gasteiger partial charge in [-0.25, -0.2) is 0 Å². The van der Waals surface area contributed by atoms with Crippen molar-refractivity contribution in [2.24, 2.45) is 0 Å².